The number of nitrogens with zero attached hydrogens (tertiary/aromatic N) is 4. The molecule has 2 aliphatic rings. The lowest BCUT2D eigenvalue weighted by Gasteiger charge is -2.36. The van der Waals surface area contributed by atoms with Gasteiger partial charge in [0.2, 0.25) is 23.7 Å². The van der Waals surface area contributed by atoms with Crippen LogP contribution in [-0.4, -0.2) is 65.6 Å². The molecule has 0 bridgehead atoms. The number of rotatable bonds is 7. The molecule has 1 fully saturated rings. The molecule has 180 valence electrons. The Kier molecular flexibility index (Phi) is 7.15. The third-order valence-corrected chi connectivity index (χ3v) is 7.49. The number of hydrogen-bond acceptors (Lipinski definition) is 9. The van der Waals surface area contributed by atoms with Gasteiger partial charge in [-0.15, -0.1) is 10.2 Å². The third-order valence-electron chi connectivity index (χ3n) is 5.53. The van der Waals surface area contributed by atoms with Crippen molar-refractivity contribution in [3.05, 3.63) is 60.2 Å². The predicted molar refractivity (Wildman–Crippen MR) is 136 cm³/mol. The van der Waals surface area contributed by atoms with E-state index >= 15 is 0 Å². The Hall–Kier alpha value is -3.57. The topological polar surface area (TPSA) is 96.9 Å². The summed E-state index contributed by atoms with van der Waals surface area (Å²) in [4.78, 5) is 29.1. The number of amides is 2. The summed E-state index contributed by atoms with van der Waals surface area (Å²) in [5.41, 5.74) is 2.00. The van der Waals surface area contributed by atoms with Crippen LogP contribution in [0.1, 0.15) is 5.56 Å². The average Bonchev–Trinajstić information content (AvgIpc) is 3.55. The molecule has 3 aromatic rings. The number of piperazine rings is 1. The summed E-state index contributed by atoms with van der Waals surface area (Å²) in [5, 5.41) is 11.2. The van der Waals surface area contributed by atoms with Crippen LogP contribution in [0.3, 0.4) is 0 Å². The lowest BCUT2D eigenvalue weighted by Crippen LogP contribution is -2.49. The van der Waals surface area contributed by atoms with Gasteiger partial charge in [-0.05, 0) is 35.9 Å². The van der Waals surface area contributed by atoms with Gasteiger partial charge in [0.25, 0.3) is 0 Å². The zero-order valence-corrected chi connectivity index (χ0v) is 20.4. The molecule has 0 saturated carbocycles. The second-order valence-corrected chi connectivity index (χ2v) is 10.0. The molecule has 0 radical (unpaired) electrons. The van der Waals surface area contributed by atoms with E-state index < -0.39 is 0 Å². The number of hydrogen-bond donors (Lipinski definition) is 1. The van der Waals surface area contributed by atoms with Crippen LogP contribution in [-0.2, 0) is 9.59 Å². The molecule has 2 aliphatic heterocycles. The number of aromatic nitrogens is 2. The third kappa shape index (κ3) is 5.92. The molecule has 0 spiro atoms. The average molecular weight is 510 g/mol. The highest BCUT2D eigenvalue weighted by Gasteiger charge is 2.22. The molecular formula is C24H23N5O4S2. The van der Waals surface area contributed by atoms with Crippen LogP contribution in [0.4, 0.5) is 10.8 Å². The molecule has 1 aromatic heterocycles. The number of fused-ring (bicyclic) bond motifs is 1. The summed E-state index contributed by atoms with van der Waals surface area (Å²) in [6, 6.07) is 15.7. The van der Waals surface area contributed by atoms with Gasteiger partial charge in [0, 0.05) is 37.9 Å². The van der Waals surface area contributed by atoms with Crippen molar-refractivity contribution in [1.29, 1.82) is 0 Å². The van der Waals surface area contributed by atoms with Crippen LogP contribution >= 0.6 is 23.1 Å². The lowest BCUT2D eigenvalue weighted by molar-refractivity contribution is -0.128. The minimum absolute atomic E-state index is 0.0788. The van der Waals surface area contributed by atoms with Gasteiger partial charge >= 0.3 is 0 Å². The van der Waals surface area contributed by atoms with Gasteiger partial charge < -0.3 is 19.3 Å². The van der Waals surface area contributed by atoms with E-state index in [0.29, 0.717) is 34.1 Å². The molecular weight excluding hydrogens is 486 g/mol. The second kappa shape index (κ2) is 10.8. The Balaban J connectivity index is 1.06. The van der Waals surface area contributed by atoms with Gasteiger partial charge in [-0.1, -0.05) is 47.4 Å². The fraction of sp³-hybridized carbons (Fsp3) is 0.250. The molecule has 0 atom stereocenters. The van der Waals surface area contributed by atoms with Crippen LogP contribution in [0.25, 0.3) is 6.08 Å². The van der Waals surface area contributed by atoms with Crippen molar-refractivity contribution in [1.82, 2.24) is 15.1 Å². The first-order valence-electron chi connectivity index (χ1n) is 11.1. The predicted octanol–water partition coefficient (Wildman–Crippen LogP) is 3.36. The standard InChI is InChI=1S/C24H23N5O4S2/c30-21(9-7-17-6-8-19-20(14-17)33-16-32-19)25-23-26-27-24(35-23)34-15-22(31)29-12-10-28(11-13-29)18-4-2-1-3-5-18/h1-9,14H,10-13,15-16H2,(H,25,26,30)/b9-7+. The molecule has 0 unspecified atom stereocenters. The maximum absolute atomic E-state index is 12.6. The van der Waals surface area contributed by atoms with Gasteiger partial charge in [-0.25, -0.2) is 0 Å². The SMILES string of the molecule is O=C(/C=C/c1ccc2c(c1)OCO2)Nc1nnc(SCC(=O)N2CCN(c3ccccc3)CC2)s1. The highest BCUT2D eigenvalue weighted by molar-refractivity contribution is 8.01. The van der Waals surface area contributed by atoms with Crippen molar-refractivity contribution in [2.24, 2.45) is 0 Å². The Morgan fingerprint density at radius 1 is 1.03 bits per heavy atom. The first kappa shape index (κ1) is 23.2. The molecule has 2 amide bonds. The van der Waals surface area contributed by atoms with E-state index in [1.807, 2.05) is 35.2 Å². The van der Waals surface area contributed by atoms with Crippen LogP contribution in [0.15, 0.2) is 58.9 Å². The molecule has 11 heteroatoms. The van der Waals surface area contributed by atoms with Gasteiger partial charge in [0.1, 0.15) is 0 Å². The quantitative estimate of drug-likeness (QED) is 0.294. The number of carbonyl (C=O) groups is 2. The van der Waals surface area contributed by atoms with Crippen molar-refractivity contribution in [3.8, 4) is 11.5 Å². The zero-order valence-electron chi connectivity index (χ0n) is 18.8. The van der Waals surface area contributed by atoms with E-state index in [0.717, 1.165) is 18.7 Å². The van der Waals surface area contributed by atoms with Gasteiger partial charge in [0.15, 0.2) is 15.8 Å². The Labute approximate surface area is 210 Å². The van der Waals surface area contributed by atoms with Crippen LogP contribution in [0, 0.1) is 0 Å². The summed E-state index contributed by atoms with van der Waals surface area (Å²) < 4.78 is 11.3. The first-order chi connectivity index (χ1) is 17.1. The lowest BCUT2D eigenvalue weighted by atomic mass is 10.2. The van der Waals surface area contributed by atoms with Crippen LogP contribution < -0.4 is 19.7 Å². The smallest absolute Gasteiger partial charge is 0.250 e. The molecule has 9 nitrogen and oxygen atoms in total. The Morgan fingerprint density at radius 3 is 2.66 bits per heavy atom. The van der Waals surface area contributed by atoms with Crippen molar-refractivity contribution in [2.75, 3.05) is 48.9 Å². The highest BCUT2D eigenvalue weighted by atomic mass is 32.2. The molecule has 1 N–H and O–H groups in total. The number of para-hydroxylation sites is 1. The maximum Gasteiger partial charge on any atom is 0.250 e. The summed E-state index contributed by atoms with van der Waals surface area (Å²) in [5.74, 6) is 1.40. The van der Waals surface area contributed by atoms with Gasteiger partial charge in [-0.3, -0.25) is 14.9 Å². The molecule has 35 heavy (non-hydrogen) atoms. The van der Waals surface area contributed by atoms with Crippen molar-refractivity contribution in [3.63, 3.8) is 0 Å². The van der Waals surface area contributed by atoms with Crippen molar-refractivity contribution in [2.45, 2.75) is 4.34 Å². The fourth-order valence-corrected chi connectivity index (χ4v) is 5.38. The van der Waals surface area contributed by atoms with Gasteiger partial charge in [-0.2, -0.15) is 0 Å². The Morgan fingerprint density at radius 2 is 1.83 bits per heavy atom. The summed E-state index contributed by atoms with van der Waals surface area (Å²) >= 11 is 2.58. The second-order valence-electron chi connectivity index (χ2n) is 7.80. The molecule has 3 heterocycles. The summed E-state index contributed by atoms with van der Waals surface area (Å²) in [7, 11) is 0. The first-order valence-corrected chi connectivity index (χ1v) is 12.9. The molecule has 1 saturated heterocycles. The normalized spacial score (nSPS) is 15.0. The van der Waals surface area contributed by atoms with E-state index in [9.17, 15) is 9.59 Å². The Bertz CT molecular complexity index is 1230. The number of carbonyl (C=O) groups excluding carboxylic acids is 2. The molecule has 2 aromatic carbocycles. The number of benzene rings is 2. The van der Waals surface area contributed by atoms with E-state index in [1.165, 1.54) is 34.9 Å². The van der Waals surface area contributed by atoms with E-state index in [1.54, 1.807) is 12.1 Å². The highest BCUT2D eigenvalue weighted by Crippen LogP contribution is 2.33. The number of anilines is 2. The summed E-state index contributed by atoms with van der Waals surface area (Å²) in [6.07, 6.45) is 3.11. The monoisotopic (exact) mass is 509 g/mol. The van der Waals surface area contributed by atoms with Crippen LogP contribution in [0.5, 0.6) is 11.5 Å². The van der Waals surface area contributed by atoms with E-state index in [-0.39, 0.29) is 24.4 Å². The molecule has 5 rings (SSSR count). The zero-order chi connectivity index (χ0) is 24.0. The minimum atomic E-state index is -0.317. The number of thioether (sulfide) groups is 1. The van der Waals surface area contributed by atoms with E-state index in [4.69, 9.17) is 9.47 Å². The largest absolute Gasteiger partial charge is 0.454 e. The van der Waals surface area contributed by atoms with Crippen LogP contribution in [0.2, 0.25) is 0 Å². The number of nitrogens with one attached hydrogen (secondary N) is 1. The van der Waals surface area contributed by atoms with Crippen molar-refractivity contribution < 1.29 is 19.1 Å². The fourth-order valence-electron chi connectivity index (χ4n) is 3.72. The maximum atomic E-state index is 12.6. The molecule has 0 aliphatic carbocycles. The van der Waals surface area contributed by atoms with E-state index in [2.05, 4.69) is 32.5 Å². The number of ether oxygens (including phenoxy) is 2. The summed E-state index contributed by atoms with van der Waals surface area (Å²) in [6.45, 7) is 3.23. The van der Waals surface area contributed by atoms with Gasteiger partial charge in [0.05, 0.1) is 5.75 Å². The minimum Gasteiger partial charge on any atom is -0.454 e. The van der Waals surface area contributed by atoms with Crippen molar-refractivity contribution >= 4 is 51.8 Å².